The van der Waals surface area contributed by atoms with Gasteiger partial charge in [-0.2, -0.15) is 0 Å². The second-order valence-corrected chi connectivity index (χ2v) is 25.0. The minimum atomic E-state index is -4.47. The summed E-state index contributed by atoms with van der Waals surface area (Å²) < 4.78 is 30.8. The Balaban J connectivity index is 5.16. The predicted molar refractivity (Wildman–Crippen MR) is 364 cm³/mol. The van der Waals surface area contributed by atoms with Crippen molar-refractivity contribution in [3.63, 3.8) is 0 Å². The van der Waals surface area contributed by atoms with Gasteiger partial charge in [-0.15, -0.1) is 0 Å². The molecule has 0 aromatic rings. The second kappa shape index (κ2) is 62.2. The molecular formula is C74H128N2O7P+. The molecule has 0 aliphatic heterocycles. The molecule has 0 aliphatic carbocycles. The Morgan fingerprint density at radius 1 is 0.429 bits per heavy atom. The number of rotatable bonds is 60. The largest absolute Gasteiger partial charge is 0.472 e. The van der Waals surface area contributed by atoms with Crippen LogP contribution in [0.3, 0.4) is 0 Å². The van der Waals surface area contributed by atoms with E-state index in [9.17, 15) is 19.0 Å². The van der Waals surface area contributed by atoms with Crippen LogP contribution < -0.4 is 5.32 Å². The van der Waals surface area contributed by atoms with Gasteiger partial charge in [0.2, 0.25) is 5.91 Å². The number of nitrogens with zero attached hydrogens (tertiary/aromatic N) is 1. The lowest BCUT2D eigenvalue weighted by atomic mass is 10.0. The molecule has 1 amide bonds. The van der Waals surface area contributed by atoms with E-state index in [0.29, 0.717) is 17.4 Å². The average molecular weight is 1190 g/mol. The number of phosphoric ester groups is 1. The highest BCUT2D eigenvalue weighted by Gasteiger charge is 2.30. The number of carbonyl (C=O) groups excluding carboxylic acids is 2. The molecule has 0 bridgehead atoms. The summed E-state index contributed by atoms with van der Waals surface area (Å²) in [6.07, 6.45) is 88.9. The Bertz CT molecular complexity index is 1900. The molecule has 0 spiro atoms. The summed E-state index contributed by atoms with van der Waals surface area (Å²) in [4.78, 5) is 37.8. The zero-order valence-electron chi connectivity index (χ0n) is 54.8. The second-order valence-electron chi connectivity index (χ2n) is 23.6. The first-order valence-electron chi connectivity index (χ1n) is 34.0. The number of esters is 1. The Labute approximate surface area is 517 Å². The van der Waals surface area contributed by atoms with Gasteiger partial charge in [0.15, 0.2) is 0 Å². The van der Waals surface area contributed by atoms with Crippen molar-refractivity contribution in [1.29, 1.82) is 0 Å². The van der Waals surface area contributed by atoms with Crippen molar-refractivity contribution < 1.29 is 37.3 Å². The standard InChI is InChI=1S/C74H127N2O7P/c1-7-10-13-16-19-22-25-28-30-32-34-35-36-37-38-39-40-41-43-45-47-49-52-55-58-61-64-67-74(78)83-72(65-62-59-56-53-50-27-24-21-18-15-12-9-3)71(70-82-84(79,80)81-69-68-76(4,5)6)75-73(77)66-63-60-57-54-51-48-46-44-42-33-31-29-26-23-20-17-14-11-8-2/h10-11,13-14,19-20,22-23,28-31,34-35,37-38,42,44,48,51,62,65,71-72H,7-9,12,15-18,21,24-27,32-33,36,39-41,43,45-47,49-50,52-61,63-64,66-70H2,1-6H3,(H-,75,77,79,80)/p+1/b13-10-,14-11-,22-19-,23-20-,30-28-,31-29-,35-34-,38-37-,44-42-,51-48-,65-62-. The van der Waals surface area contributed by atoms with Crippen molar-refractivity contribution in [1.82, 2.24) is 5.32 Å². The third-order valence-corrected chi connectivity index (χ3v) is 15.3. The average Bonchev–Trinajstić information content (AvgIpc) is 3.65. The van der Waals surface area contributed by atoms with Crippen molar-refractivity contribution in [2.24, 2.45) is 0 Å². The highest BCUT2D eigenvalue weighted by Crippen LogP contribution is 2.43. The first-order chi connectivity index (χ1) is 40.9. The molecule has 480 valence electrons. The van der Waals surface area contributed by atoms with E-state index in [1.165, 1.54) is 96.3 Å². The van der Waals surface area contributed by atoms with E-state index in [4.69, 9.17) is 13.8 Å². The molecule has 0 heterocycles. The van der Waals surface area contributed by atoms with Crippen LogP contribution in [-0.4, -0.2) is 74.3 Å². The highest BCUT2D eigenvalue weighted by atomic mass is 31.2. The summed E-state index contributed by atoms with van der Waals surface area (Å²) in [5, 5.41) is 3.04. The van der Waals surface area contributed by atoms with E-state index in [1.54, 1.807) is 0 Å². The molecule has 0 saturated heterocycles. The first-order valence-corrected chi connectivity index (χ1v) is 35.5. The van der Waals surface area contributed by atoms with Crippen LogP contribution in [-0.2, 0) is 27.9 Å². The first kappa shape index (κ1) is 80.2. The van der Waals surface area contributed by atoms with E-state index < -0.39 is 20.0 Å². The van der Waals surface area contributed by atoms with Gasteiger partial charge in [0.05, 0.1) is 33.8 Å². The highest BCUT2D eigenvalue weighted by molar-refractivity contribution is 7.47. The van der Waals surface area contributed by atoms with E-state index in [-0.39, 0.29) is 37.9 Å². The maximum absolute atomic E-state index is 13.6. The maximum atomic E-state index is 13.6. The van der Waals surface area contributed by atoms with Crippen molar-refractivity contribution in [3.05, 3.63) is 134 Å². The molecule has 3 unspecified atom stereocenters. The molecule has 0 saturated carbocycles. The number of ether oxygens (including phenoxy) is 1. The van der Waals surface area contributed by atoms with E-state index in [1.807, 2.05) is 33.3 Å². The van der Waals surface area contributed by atoms with Crippen LogP contribution in [0.4, 0.5) is 0 Å². The number of nitrogens with one attached hydrogen (secondary N) is 1. The summed E-state index contributed by atoms with van der Waals surface area (Å²) in [5.41, 5.74) is 0. The van der Waals surface area contributed by atoms with Crippen molar-refractivity contribution in [2.45, 2.75) is 283 Å². The van der Waals surface area contributed by atoms with Crippen LogP contribution in [0, 0.1) is 0 Å². The fraction of sp³-hybridized carbons (Fsp3) is 0.676. The Kier molecular flexibility index (Phi) is 59.4. The van der Waals surface area contributed by atoms with Gasteiger partial charge >= 0.3 is 13.8 Å². The Morgan fingerprint density at radius 3 is 1.15 bits per heavy atom. The number of hydrogen-bond acceptors (Lipinski definition) is 6. The molecule has 0 aliphatic rings. The molecule has 0 aromatic carbocycles. The molecule has 2 N–H and O–H groups in total. The molecule has 10 heteroatoms. The van der Waals surface area contributed by atoms with Gasteiger partial charge < -0.3 is 19.4 Å². The molecule has 3 atom stereocenters. The molecule has 0 rings (SSSR count). The molecule has 0 fully saturated rings. The van der Waals surface area contributed by atoms with Gasteiger partial charge in [-0.3, -0.25) is 18.6 Å². The zero-order chi connectivity index (χ0) is 61.4. The van der Waals surface area contributed by atoms with Crippen molar-refractivity contribution >= 4 is 19.7 Å². The molecule has 84 heavy (non-hydrogen) atoms. The van der Waals surface area contributed by atoms with Gasteiger partial charge in [0, 0.05) is 12.8 Å². The fourth-order valence-corrected chi connectivity index (χ4v) is 9.91. The molecular weight excluding hydrogens is 1060 g/mol. The molecule has 0 aromatic heterocycles. The summed E-state index contributed by atoms with van der Waals surface area (Å²) in [6.45, 7) is 6.75. The van der Waals surface area contributed by atoms with Crippen LogP contribution in [0.15, 0.2) is 134 Å². The van der Waals surface area contributed by atoms with Crippen LogP contribution in [0.2, 0.25) is 0 Å². The smallest absolute Gasteiger partial charge is 0.456 e. The third kappa shape index (κ3) is 62.7. The monoisotopic (exact) mass is 1190 g/mol. The molecule has 9 nitrogen and oxygen atoms in total. The number of phosphoric acid groups is 1. The van der Waals surface area contributed by atoms with Gasteiger partial charge in [0.1, 0.15) is 19.3 Å². The Morgan fingerprint density at radius 2 is 0.762 bits per heavy atom. The van der Waals surface area contributed by atoms with Crippen LogP contribution in [0.25, 0.3) is 0 Å². The normalized spacial score (nSPS) is 14.4. The quantitative estimate of drug-likeness (QED) is 0.0205. The van der Waals surface area contributed by atoms with Gasteiger partial charge in [-0.1, -0.05) is 270 Å². The fourth-order valence-electron chi connectivity index (χ4n) is 9.17. The lowest BCUT2D eigenvalue weighted by Crippen LogP contribution is -2.47. The summed E-state index contributed by atoms with van der Waals surface area (Å²) in [6, 6.07) is -0.877. The lowest BCUT2D eigenvalue weighted by molar-refractivity contribution is -0.870. The van der Waals surface area contributed by atoms with Crippen molar-refractivity contribution in [2.75, 3.05) is 40.9 Å². The Hall–Kier alpha value is -3.85. The van der Waals surface area contributed by atoms with Crippen LogP contribution >= 0.6 is 7.82 Å². The number of hydrogen-bond donors (Lipinski definition) is 2. The SMILES string of the molecule is CC/C=C\C/C=C\C/C=C\C/C=C\C/C=C\CCCCCCCCCCCCCC(=O)OC(/C=C\CCCCCCCCCCCC)C(COP(=O)(O)OCC[N+](C)(C)C)NC(=O)CCCCC/C=C\C/C=C\C/C=C\C/C=C\C/C=C\CC. The van der Waals surface area contributed by atoms with E-state index in [2.05, 4.69) is 148 Å². The summed E-state index contributed by atoms with van der Waals surface area (Å²) in [7, 11) is 1.46. The van der Waals surface area contributed by atoms with E-state index in [0.717, 1.165) is 135 Å². The van der Waals surface area contributed by atoms with E-state index >= 15 is 0 Å². The third-order valence-electron chi connectivity index (χ3n) is 14.3. The number of likely N-dealkylation sites (N-methyl/N-ethyl adjacent to an activating group) is 1. The van der Waals surface area contributed by atoms with Gasteiger partial charge in [0.25, 0.3) is 0 Å². The number of amides is 1. The summed E-state index contributed by atoms with van der Waals surface area (Å²) in [5.74, 6) is -0.552. The maximum Gasteiger partial charge on any atom is 0.472 e. The van der Waals surface area contributed by atoms with Crippen LogP contribution in [0.5, 0.6) is 0 Å². The number of quaternary nitrogens is 1. The summed E-state index contributed by atoms with van der Waals surface area (Å²) >= 11 is 0. The minimum Gasteiger partial charge on any atom is -0.456 e. The van der Waals surface area contributed by atoms with Crippen LogP contribution in [0.1, 0.15) is 271 Å². The van der Waals surface area contributed by atoms with Gasteiger partial charge in [-0.25, -0.2) is 4.57 Å². The van der Waals surface area contributed by atoms with Crippen molar-refractivity contribution in [3.8, 4) is 0 Å². The number of carbonyl (C=O) groups is 2. The predicted octanol–water partition coefficient (Wildman–Crippen LogP) is 21.6. The molecule has 0 radical (unpaired) electrons. The lowest BCUT2D eigenvalue weighted by Gasteiger charge is -2.27. The van der Waals surface area contributed by atoms with Gasteiger partial charge in [-0.05, 0) is 122 Å². The zero-order valence-corrected chi connectivity index (χ0v) is 55.7. The topological polar surface area (TPSA) is 111 Å². The minimum absolute atomic E-state index is 0.0264. The number of allylic oxidation sites excluding steroid dienone is 21. The number of unbranched alkanes of at least 4 members (excludes halogenated alkanes) is 24.